The molecular formula is C33H32F6O4. The highest BCUT2D eigenvalue weighted by atomic mass is 19.2. The van der Waals surface area contributed by atoms with Gasteiger partial charge in [0.25, 0.3) is 0 Å². The monoisotopic (exact) mass is 606 g/mol. The summed E-state index contributed by atoms with van der Waals surface area (Å²) < 4.78 is 98.0. The maximum absolute atomic E-state index is 15.2. The van der Waals surface area contributed by atoms with Gasteiger partial charge in [-0.05, 0) is 99.5 Å². The van der Waals surface area contributed by atoms with Crippen molar-refractivity contribution >= 4 is 5.97 Å². The van der Waals surface area contributed by atoms with Crippen LogP contribution in [0, 0.1) is 40.8 Å². The molecule has 1 N–H and O–H groups in total. The third kappa shape index (κ3) is 6.19. The highest BCUT2D eigenvalue weighted by Gasteiger charge is 2.34. The number of carbonyl (C=O) groups excluding carboxylic acids is 1. The highest BCUT2D eigenvalue weighted by Crippen LogP contribution is 2.41. The average molecular weight is 607 g/mol. The first-order valence-electron chi connectivity index (χ1n) is 14.6. The van der Waals surface area contributed by atoms with Crippen LogP contribution in [0.25, 0.3) is 11.1 Å². The van der Waals surface area contributed by atoms with Crippen LogP contribution in [0.2, 0.25) is 0 Å². The second kappa shape index (κ2) is 12.9. The fourth-order valence-electron chi connectivity index (χ4n) is 6.36. The van der Waals surface area contributed by atoms with Crippen LogP contribution in [-0.4, -0.2) is 23.8 Å². The van der Waals surface area contributed by atoms with Crippen molar-refractivity contribution in [2.24, 2.45) is 5.92 Å². The van der Waals surface area contributed by atoms with Crippen LogP contribution in [0.3, 0.4) is 0 Å². The first kappa shape index (κ1) is 30.8. The van der Waals surface area contributed by atoms with E-state index in [1.165, 1.54) is 24.3 Å². The Morgan fingerprint density at radius 2 is 1.19 bits per heavy atom. The van der Waals surface area contributed by atoms with E-state index in [-0.39, 0.29) is 53.3 Å². The number of esters is 1. The molecule has 0 radical (unpaired) electrons. The van der Waals surface area contributed by atoms with Gasteiger partial charge in [0.05, 0.1) is 12.5 Å². The SMILES string of the molecule is CCOc1ccc(-c2ccc(C3CCC(OC(=O)C4CCC(c5ccc(O)c(F)c5F)CC4)CC3)c(F)c2F)c(F)c1F. The molecule has 3 aromatic carbocycles. The van der Waals surface area contributed by atoms with Crippen LogP contribution < -0.4 is 4.74 Å². The van der Waals surface area contributed by atoms with Crippen molar-refractivity contribution in [2.75, 3.05) is 6.61 Å². The lowest BCUT2D eigenvalue weighted by Crippen LogP contribution is -2.29. The summed E-state index contributed by atoms with van der Waals surface area (Å²) in [6.45, 7) is 1.72. The van der Waals surface area contributed by atoms with Crippen molar-refractivity contribution in [1.82, 2.24) is 0 Å². The van der Waals surface area contributed by atoms with Gasteiger partial charge in [-0.3, -0.25) is 4.79 Å². The van der Waals surface area contributed by atoms with E-state index in [0.29, 0.717) is 51.4 Å². The molecule has 2 saturated carbocycles. The highest BCUT2D eigenvalue weighted by molar-refractivity contribution is 5.72. The second-order valence-corrected chi connectivity index (χ2v) is 11.3. The van der Waals surface area contributed by atoms with Crippen molar-refractivity contribution in [1.29, 1.82) is 0 Å². The summed E-state index contributed by atoms with van der Waals surface area (Å²) in [5.74, 6) is -9.70. The van der Waals surface area contributed by atoms with E-state index in [2.05, 4.69) is 0 Å². The van der Waals surface area contributed by atoms with Crippen molar-refractivity contribution in [3.63, 3.8) is 0 Å². The Morgan fingerprint density at radius 3 is 1.79 bits per heavy atom. The van der Waals surface area contributed by atoms with E-state index in [1.807, 2.05) is 0 Å². The molecule has 10 heteroatoms. The van der Waals surface area contributed by atoms with Crippen LogP contribution >= 0.6 is 0 Å². The molecule has 4 nitrogen and oxygen atoms in total. The zero-order valence-electron chi connectivity index (χ0n) is 23.6. The number of benzene rings is 3. The summed E-state index contributed by atoms with van der Waals surface area (Å²) in [4.78, 5) is 12.8. The van der Waals surface area contributed by atoms with Gasteiger partial charge in [0.15, 0.2) is 34.8 Å². The molecule has 0 unspecified atom stereocenters. The number of ether oxygens (including phenoxy) is 2. The van der Waals surface area contributed by atoms with Gasteiger partial charge in [-0.15, -0.1) is 0 Å². The molecule has 2 aliphatic carbocycles. The second-order valence-electron chi connectivity index (χ2n) is 11.3. The minimum Gasteiger partial charge on any atom is -0.505 e. The van der Waals surface area contributed by atoms with Gasteiger partial charge in [0, 0.05) is 11.1 Å². The Bertz CT molecular complexity index is 1490. The third-order valence-corrected chi connectivity index (χ3v) is 8.74. The number of phenolic OH excluding ortho intramolecular Hbond substituents is 1. The van der Waals surface area contributed by atoms with Crippen LogP contribution in [0.1, 0.15) is 81.3 Å². The molecule has 43 heavy (non-hydrogen) atoms. The van der Waals surface area contributed by atoms with Crippen molar-refractivity contribution in [2.45, 2.75) is 76.2 Å². The van der Waals surface area contributed by atoms with E-state index in [0.717, 1.165) is 12.1 Å². The normalized spacial score (nSPS) is 22.3. The Hall–Kier alpha value is -3.69. The van der Waals surface area contributed by atoms with Gasteiger partial charge < -0.3 is 14.6 Å². The Labute approximate surface area is 245 Å². The number of rotatable bonds is 7. The van der Waals surface area contributed by atoms with Crippen LogP contribution in [-0.2, 0) is 9.53 Å². The molecule has 2 aliphatic rings. The number of hydrogen-bond donors (Lipinski definition) is 1. The fourth-order valence-corrected chi connectivity index (χ4v) is 6.36. The molecule has 0 aliphatic heterocycles. The zero-order valence-corrected chi connectivity index (χ0v) is 23.6. The predicted octanol–water partition coefficient (Wildman–Crippen LogP) is 8.84. The minimum atomic E-state index is -1.32. The van der Waals surface area contributed by atoms with E-state index in [9.17, 15) is 27.5 Å². The molecule has 3 aromatic rings. The summed E-state index contributed by atoms with van der Waals surface area (Å²) in [5, 5.41) is 9.35. The Kier molecular flexibility index (Phi) is 9.22. The molecule has 0 aromatic heterocycles. The molecule has 0 atom stereocenters. The van der Waals surface area contributed by atoms with Crippen molar-refractivity contribution in [3.8, 4) is 22.6 Å². The van der Waals surface area contributed by atoms with Gasteiger partial charge in [-0.1, -0.05) is 18.2 Å². The quantitative estimate of drug-likeness (QED) is 0.216. The van der Waals surface area contributed by atoms with Gasteiger partial charge in [-0.2, -0.15) is 8.78 Å². The lowest BCUT2D eigenvalue weighted by atomic mass is 9.78. The Morgan fingerprint density at radius 1 is 0.674 bits per heavy atom. The van der Waals surface area contributed by atoms with Crippen molar-refractivity contribution < 1.29 is 45.7 Å². The van der Waals surface area contributed by atoms with Crippen LogP contribution in [0.5, 0.6) is 11.5 Å². The number of aromatic hydroxyl groups is 1. The zero-order chi connectivity index (χ0) is 30.8. The van der Waals surface area contributed by atoms with E-state index >= 15 is 8.78 Å². The van der Waals surface area contributed by atoms with Crippen LogP contribution in [0.15, 0.2) is 36.4 Å². The summed E-state index contributed by atoms with van der Waals surface area (Å²) in [6.07, 6.45) is 3.27. The average Bonchev–Trinajstić information content (AvgIpc) is 3.01. The van der Waals surface area contributed by atoms with Gasteiger partial charge in [0.1, 0.15) is 6.10 Å². The minimum absolute atomic E-state index is 0.115. The summed E-state index contributed by atoms with van der Waals surface area (Å²) in [7, 11) is 0. The van der Waals surface area contributed by atoms with E-state index in [1.54, 1.807) is 6.92 Å². The first-order chi connectivity index (χ1) is 20.6. The fraction of sp³-hybridized carbons (Fsp3) is 0.424. The topological polar surface area (TPSA) is 55.8 Å². The number of carbonyl (C=O) groups is 1. The summed E-state index contributed by atoms with van der Waals surface area (Å²) in [5.41, 5.74) is -0.478. The molecule has 0 saturated heterocycles. The smallest absolute Gasteiger partial charge is 0.309 e. The van der Waals surface area contributed by atoms with Crippen molar-refractivity contribution in [3.05, 3.63) is 82.4 Å². The number of phenols is 1. The number of hydrogen-bond acceptors (Lipinski definition) is 4. The molecule has 0 amide bonds. The van der Waals surface area contributed by atoms with Gasteiger partial charge in [-0.25, -0.2) is 17.6 Å². The van der Waals surface area contributed by atoms with E-state index in [4.69, 9.17) is 9.47 Å². The first-order valence-corrected chi connectivity index (χ1v) is 14.6. The molecule has 0 bridgehead atoms. The predicted molar refractivity (Wildman–Crippen MR) is 147 cm³/mol. The standard InChI is InChI=1S/C33H32F6O4/c1-2-42-26-16-14-24(30(37)32(26)39)23-12-11-21(27(34)29(23)36)18-7-9-20(10-8-18)43-33(41)19-5-3-17(4-6-19)22-13-15-25(40)31(38)28(22)35/h11-20,40H,2-10H2,1H3. The number of halogens is 6. The maximum atomic E-state index is 15.2. The maximum Gasteiger partial charge on any atom is 0.309 e. The lowest BCUT2D eigenvalue weighted by Gasteiger charge is -2.32. The van der Waals surface area contributed by atoms with Crippen LogP contribution in [0.4, 0.5) is 26.3 Å². The molecular weight excluding hydrogens is 574 g/mol. The lowest BCUT2D eigenvalue weighted by molar-refractivity contribution is -0.157. The van der Waals surface area contributed by atoms with Gasteiger partial charge >= 0.3 is 5.97 Å². The molecule has 5 rings (SSSR count). The Balaban J connectivity index is 1.16. The molecule has 0 heterocycles. The van der Waals surface area contributed by atoms with E-state index < -0.39 is 51.8 Å². The summed E-state index contributed by atoms with van der Waals surface area (Å²) >= 11 is 0. The largest absolute Gasteiger partial charge is 0.505 e. The summed E-state index contributed by atoms with van der Waals surface area (Å²) in [6, 6.07) is 7.45. The third-order valence-electron chi connectivity index (χ3n) is 8.74. The molecule has 230 valence electrons. The van der Waals surface area contributed by atoms with Gasteiger partial charge in [0.2, 0.25) is 11.6 Å². The molecule has 0 spiro atoms. The molecule has 2 fully saturated rings.